The van der Waals surface area contributed by atoms with Gasteiger partial charge in [0.1, 0.15) is 5.75 Å². The van der Waals surface area contributed by atoms with E-state index in [1.807, 2.05) is 30.3 Å². The van der Waals surface area contributed by atoms with Crippen molar-refractivity contribution in [1.82, 2.24) is 10.2 Å². The van der Waals surface area contributed by atoms with Crippen molar-refractivity contribution in [2.24, 2.45) is 0 Å². The van der Waals surface area contributed by atoms with Crippen molar-refractivity contribution >= 4 is 36.4 Å². The molecule has 0 aliphatic carbocycles. The van der Waals surface area contributed by atoms with Gasteiger partial charge in [-0.1, -0.05) is 30.3 Å². The highest BCUT2D eigenvalue weighted by atomic mass is 35.5. The summed E-state index contributed by atoms with van der Waals surface area (Å²) in [6.45, 7) is 2.59. The highest BCUT2D eigenvalue weighted by Crippen LogP contribution is 2.31. The molecule has 0 bridgehead atoms. The Morgan fingerprint density at radius 2 is 1.74 bits per heavy atom. The van der Waals surface area contributed by atoms with Crippen LogP contribution in [0.15, 0.2) is 48.5 Å². The normalized spacial score (nSPS) is 14.6. The molecule has 5 nitrogen and oxygen atoms in total. The smallest absolute Gasteiger partial charge is 0.253 e. The summed E-state index contributed by atoms with van der Waals surface area (Å²) < 4.78 is 5.54. The largest absolute Gasteiger partial charge is 0.496 e. The second-order valence-corrected chi connectivity index (χ2v) is 6.30. The molecule has 0 spiro atoms. The van der Waals surface area contributed by atoms with Crippen LogP contribution < -0.4 is 15.8 Å². The molecule has 7 heteroatoms. The molecule has 1 saturated heterocycles. The first-order valence-electron chi connectivity index (χ1n) is 8.70. The SMILES string of the molecule is COc1ccccc1C(CNC(=O)c1ccccc1N)N1CCCC1.Cl.Cl. The van der Waals surface area contributed by atoms with E-state index >= 15 is 0 Å². The topological polar surface area (TPSA) is 67.6 Å². The zero-order valence-electron chi connectivity index (χ0n) is 15.4. The number of carbonyl (C=O) groups excluding carboxylic acids is 1. The number of hydrogen-bond donors (Lipinski definition) is 2. The predicted octanol–water partition coefficient (Wildman–Crippen LogP) is 3.69. The molecule has 2 aromatic carbocycles. The number of rotatable bonds is 6. The molecule has 1 amide bonds. The average Bonchev–Trinajstić information content (AvgIpc) is 3.17. The molecule has 1 aliphatic rings. The lowest BCUT2D eigenvalue weighted by Gasteiger charge is -2.29. The van der Waals surface area contributed by atoms with E-state index in [1.165, 1.54) is 12.8 Å². The fourth-order valence-electron chi connectivity index (χ4n) is 3.42. The summed E-state index contributed by atoms with van der Waals surface area (Å²) in [5.74, 6) is 0.713. The van der Waals surface area contributed by atoms with E-state index < -0.39 is 0 Å². The standard InChI is InChI=1S/C20H25N3O2.2ClH/c1-25-19-11-5-3-9-16(19)18(23-12-6-7-13-23)14-22-20(24)15-8-2-4-10-17(15)21;;/h2-5,8-11,18H,6-7,12-14,21H2,1H3,(H,22,24);2*1H. The molecular weight excluding hydrogens is 385 g/mol. The fourth-order valence-corrected chi connectivity index (χ4v) is 3.42. The number of nitrogens with one attached hydrogen (secondary N) is 1. The second kappa shape index (κ2) is 11.0. The quantitative estimate of drug-likeness (QED) is 0.711. The molecule has 0 aromatic heterocycles. The van der Waals surface area contributed by atoms with Gasteiger partial charge in [-0.2, -0.15) is 0 Å². The van der Waals surface area contributed by atoms with Crippen LogP contribution in [0.4, 0.5) is 5.69 Å². The molecule has 1 aliphatic heterocycles. The average molecular weight is 412 g/mol. The number of halogens is 2. The van der Waals surface area contributed by atoms with Crippen LogP contribution in [0.2, 0.25) is 0 Å². The van der Waals surface area contributed by atoms with E-state index in [9.17, 15) is 4.79 Å². The van der Waals surface area contributed by atoms with Crippen LogP contribution in [0.3, 0.4) is 0 Å². The second-order valence-electron chi connectivity index (χ2n) is 6.30. The van der Waals surface area contributed by atoms with Crippen LogP contribution in [-0.2, 0) is 0 Å². The molecular formula is C20H27Cl2N3O2. The number of likely N-dealkylation sites (tertiary alicyclic amines) is 1. The highest BCUT2D eigenvalue weighted by molar-refractivity contribution is 5.99. The van der Waals surface area contributed by atoms with Gasteiger partial charge in [0.15, 0.2) is 0 Å². The number of ether oxygens (including phenoxy) is 1. The van der Waals surface area contributed by atoms with E-state index in [-0.39, 0.29) is 36.8 Å². The highest BCUT2D eigenvalue weighted by Gasteiger charge is 2.26. The molecule has 1 atom stereocenters. The summed E-state index contributed by atoms with van der Waals surface area (Å²) >= 11 is 0. The lowest BCUT2D eigenvalue weighted by atomic mass is 10.0. The van der Waals surface area contributed by atoms with Crippen LogP contribution >= 0.6 is 24.8 Å². The van der Waals surface area contributed by atoms with Gasteiger partial charge in [0.2, 0.25) is 0 Å². The van der Waals surface area contributed by atoms with Crippen molar-refractivity contribution in [2.75, 3.05) is 32.5 Å². The first-order valence-corrected chi connectivity index (χ1v) is 8.70. The Kier molecular flexibility index (Phi) is 9.43. The van der Waals surface area contributed by atoms with E-state index in [4.69, 9.17) is 10.5 Å². The first kappa shape index (κ1) is 23.1. The van der Waals surface area contributed by atoms with Gasteiger partial charge < -0.3 is 15.8 Å². The number of amides is 1. The summed E-state index contributed by atoms with van der Waals surface area (Å²) in [4.78, 5) is 14.9. The van der Waals surface area contributed by atoms with Crippen molar-refractivity contribution in [3.05, 3.63) is 59.7 Å². The lowest BCUT2D eigenvalue weighted by Crippen LogP contribution is -2.37. The van der Waals surface area contributed by atoms with Gasteiger partial charge >= 0.3 is 0 Å². The van der Waals surface area contributed by atoms with E-state index in [2.05, 4.69) is 16.3 Å². The van der Waals surface area contributed by atoms with Gasteiger partial charge in [0, 0.05) is 17.8 Å². The fraction of sp³-hybridized carbons (Fsp3) is 0.350. The van der Waals surface area contributed by atoms with E-state index in [1.54, 1.807) is 19.2 Å². The minimum Gasteiger partial charge on any atom is -0.496 e. The van der Waals surface area contributed by atoms with Crippen LogP contribution in [0.1, 0.15) is 34.8 Å². The molecule has 2 aromatic rings. The van der Waals surface area contributed by atoms with Crippen LogP contribution in [0.5, 0.6) is 5.75 Å². The zero-order chi connectivity index (χ0) is 17.6. The molecule has 148 valence electrons. The van der Waals surface area contributed by atoms with Gasteiger partial charge in [-0.05, 0) is 44.1 Å². The molecule has 3 rings (SSSR count). The minimum absolute atomic E-state index is 0. The van der Waals surface area contributed by atoms with Crippen molar-refractivity contribution < 1.29 is 9.53 Å². The van der Waals surface area contributed by atoms with Gasteiger partial charge in [0.25, 0.3) is 5.91 Å². The Hall–Kier alpha value is -1.95. The van der Waals surface area contributed by atoms with Crippen LogP contribution in [-0.4, -0.2) is 37.6 Å². The first-order chi connectivity index (χ1) is 12.2. The maximum atomic E-state index is 12.5. The summed E-state index contributed by atoms with van der Waals surface area (Å²) in [7, 11) is 1.68. The predicted molar refractivity (Wildman–Crippen MR) is 114 cm³/mol. The molecule has 1 unspecified atom stereocenters. The number of hydrogen-bond acceptors (Lipinski definition) is 4. The van der Waals surface area contributed by atoms with Crippen LogP contribution in [0, 0.1) is 0 Å². The molecule has 1 fully saturated rings. The van der Waals surface area contributed by atoms with Crippen LogP contribution in [0.25, 0.3) is 0 Å². The van der Waals surface area contributed by atoms with Gasteiger partial charge in [-0.3, -0.25) is 9.69 Å². The number of carbonyl (C=O) groups is 1. The summed E-state index contributed by atoms with van der Waals surface area (Å²) in [5, 5.41) is 3.05. The third-order valence-corrected chi connectivity index (χ3v) is 4.74. The Morgan fingerprint density at radius 1 is 1.11 bits per heavy atom. The number of anilines is 1. The summed E-state index contributed by atoms with van der Waals surface area (Å²) in [6.07, 6.45) is 2.37. The Balaban J connectivity index is 0.00000182. The van der Waals surface area contributed by atoms with Crippen molar-refractivity contribution in [1.29, 1.82) is 0 Å². The lowest BCUT2D eigenvalue weighted by molar-refractivity contribution is 0.0938. The van der Waals surface area contributed by atoms with Gasteiger partial charge in [0.05, 0.1) is 18.7 Å². The molecule has 0 radical (unpaired) electrons. The number of benzene rings is 2. The molecule has 27 heavy (non-hydrogen) atoms. The summed E-state index contributed by atoms with van der Waals surface area (Å²) in [5.41, 5.74) is 8.03. The minimum atomic E-state index is -0.141. The third-order valence-electron chi connectivity index (χ3n) is 4.74. The van der Waals surface area contributed by atoms with Gasteiger partial charge in [-0.25, -0.2) is 0 Å². The van der Waals surface area contributed by atoms with Crippen molar-refractivity contribution in [2.45, 2.75) is 18.9 Å². The van der Waals surface area contributed by atoms with E-state index in [0.717, 1.165) is 24.4 Å². The molecule has 0 saturated carbocycles. The Bertz CT molecular complexity index is 737. The Morgan fingerprint density at radius 3 is 2.41 bits per heavy atom. The molecule has 3 N–H and O–H groups in total. The maximum absolute atomic E-state index is 12.5. The van der Waals surface area contributed by atoms with E-state index in [0.29, 0.717) is 17.8 Å². The van der Waals surface area contributed by atoms with Gasteiger partial charge in [-0.15, -0.1) is 24.8 Å². The number of nitrogens with two attached hydrogens (primary N) is 1. The maximum Gasteiger partial charge on any atom is 0.253 e. The number of nitrogen functional groups attached to an aromatic ring is 1. The zero-order valence-corrected chi connectivity index (χ0v) is 17.0. The van der Waals surface area contributed by atoms with Crippen molar-refractivity contribution in [3.63, 3.8) is 0 Å². The molecule has 1 heterocycles. The van der Waals surface area contributed by atoms with Crippen molar-refractivity contribution in [3.8, 4) is 5.75 Å². The number of para-hydroxylation sites is 2. The number of nitrogens with zero attached hydrogens (tertiary/aromatic N) is 1. The third kappa shape index (κ3) is 5.51. The summed E-state index contributed by atoms with van der Waals surface area (Å²) in [6, 6.07) is 15.3. The monoisotopic (exact) mass is 411 g/mol. The Labute approximate surface area is 173 Å². The number of methoxy groups -OCH3 is 1.